The van der Waals surface area contributed by atoms with Crippen LogP contribution in [0.1, 0.15) is 33.1 Å². The molecule has 0 aromatic heterocycles. The SMILES string of the molecule is CC(CN1CCCNC(C)(C2CC2)C1)S(C)=O. The maximum Gasteiger partial charge on any atom is 0.0444 e. The van der Waals surface area contributed by atoms with Crippen molar-refractivity contribution in [3.63, 3.8) is 0 Å². The summed E-state index contributed by atoms with van der Waals surface area (Å²) in [6.45, 7) is 8.86. The Bertz CT molecular complexity index is 293. The molecule has 1 saturated heterocycles. The molecule has 4 heteroatoms. The molecule has 100 valence electrons. The number of hydrogen-bond acceptors (Lipinski definition) is 3. The lowest BCUT2D eigenvalue weighted by Crippen LogP contribution is -2.51. The molecule has 0 bridgehead atoms. The average Bonchev–Trinajstić information content (AvgIpc) is 3.05. The smallest absolute Gasteiger partial charge is 0.0444 e. The van der Waals surface area contributed by atoms with Crippen molar-refractivity contribution in [3.05, 3.63) is 0 Å². The van der Waals surface area contributed by atoms with Gasteiger partial charge in [0.15, 0.2) is 0 Å². The van der Waals surface area contributed by atoms with Gasteiger partial charge in [-0.3, -0.25) is 4.21 Å². The molecule has 2 rings (SSSR count). The quantitative estimate of drug-likeness (QED) is 0.823. The summed E-state index contributed by atoms with van der Waals surface area (Å²) in [6.07, 6.45) is 5.80. The standard InChI is InChI=1S/C13H26N2OS/c1-11(17(3)16)9-15-8-4-7-14-13(2,10-15)12-5-6-12/h11-12,14H,4-10H2,1-3H3. The first-order valence-electron chi connectivity index (χ1n) is 6.81. The van der Waals surface area contributed by atoms with Crippen LogP contribution in [0.15, 0.2) is 0 Å². The van der Waals surface area contributed by atoms with E-state index < -0.39 is 10.8 Å². The Hall–Kier alpha value is 0.0700. The van der Waals surface area contributed by atoms with Crippen LogP contribution in [-0.2, 0) is 10.8 Å². The number of rotatable bonds is 4. The first-order chi connectivity index (χ1) is 8.01. The molecule has 3 unspecified atom stereocenters. The highest BCUT2D eigenvalue weighted by molar-refractivity contribution is 7.84. The van der Waals surface area contributed by atoms with Crippen LogP contribution in [0, 0.1) is 5.92 Å². The molecule has 1 aliphatic carbocycles. The van der Waals surface area contributed by atoms with E-state index in [0.29, 0.717) is 5.54 Å². The van der Waals surface area contributed by atoms with E-state index in [4.69, 9.17) is 0 Å². The number of hydrogen-bond donors (Lipinski definition) is 1. The third-order valence-corrected chi connectivity index (χ3v) is 5.57. The van der Waals surface area contributed by atoms with Gasteiger partial charge in [0.25, 0.3) is 0 Å². The normalized spacial score (nSPS) is 35.2. The molecule has 1 saturated carbocycles. The summed E-state index contributed by atoms with van der Waals surface area (Å²) in [5, 5.41) is 4.02. The summed E-state index contributed by atoms with van der Waals surface area (Å²) in [6, 6.07) is 0. The lowest BCUT2D eigenvalue weighted by Gasteiger charge is -2.34. The molecule has 0 radical (unpaired) electrons. The summed E-state index contributed by atoms with van der Waals surface area (Å²) in [5.41, 5.74) is 0.297. The molecule has 2 aliphatic rings. The van der Waals surface area contributed by atoms with Crippen LogP contribution in [-0.4, -0.2) is 52.3 Å². The largest absolute Gasteiger partial charge is 0.310 e. The van der Waals surface area contributed by atoms with E-state index in [0.717, 1.165) is 32.1 Å². The third kappa shape index (κ3) is 3.52. The molecule has 1 N–H and O–H groups in total. The Morgan fingerprint density at radius 2 is 2.24 bits per heavy atom. The Labute approximate surface area is 108 Å². The van der Waals surface area contributed by atoms with Crippen LogP contribution in [0.4, 0.5) is 0 Å². The van der Waals surface area contributed by atoms with Crippen molar-refractivity contribution in [2.75, 3.05) is 32.4 Å². The predicted octanol–water partition coefficient (Wildman–Crippen LogP) is 1.22. The minimum atomic E-state index is -0.700. The average molecular weight is 258 g/mol. The molecule has 3 nitrogen and oxygen atoms in total. The molecule has 3 atom stereocenters. The molecular weight excluding hydrogens is 232 g/mol. The molecule has 0 aromatic carbocycles. The minimum absolute atomic E-state index is 0.288. The zero-order chi connectivity index (χ0) is 12.5. The summed E-state index contributed by atoms with van der Waals surface area (Å²) in [7, 11) is -0.700. The number of nitrogens with one attached hydrogen (secondary N) is 1. The van der Waals surface area contributed by atoms with E-state index in [9.17, 15) is 4.21 Å². The molecule has 0 amide bonds. The van der Waals surface area contributed by atoms with E-state index >= 15 is 0 Å². The lowest BCUT2D eigenvalue weighted by molar-refractivity contribution is 0.202. The second-order valence-electron chi connectivity index (χ2n) is 6.02. The van der Waals surface area contributed by atoms with Gasteiger partial charge in [0, 0.05) is 40.9 Å². The fourth-order valence-corrected chi connectivity index (χ4v) is 3.32. The van der Waals surface area contributed by atoms with Crippen molar-refractivity contribution in [1.82, 2.24) is 10.2 Å². The van der Waals surface area contributed by atoms with Crippen LogP contribution < -0.4 is 5.32 Å². The second kappa shape index (κ2) is 5.37. The first-order valence-corrected chi connectivity index (χ1v) is 8.43. The van der Waals surface area contributed by atoms with Crippen molar-refractivity contribution in [2.24, 2.45) is 5.92 Å². The van der Waals surface area contributed by atoms with Crippen LogP contribution in [0.25, 0.3) is 0 Å². The molecule has 0 aromatic rings. The monoisotopic (exact) mass is 258 g/mol. The Balaban J connectivity index is 1.94. The van der Waals surface area contributed by atoms with Crippen molar-refractivity contribution >= 4 is 10.8 Å². The fourth-order valence-electron chi connectivity index (χ4n) is 2.89. The van der Waals surface area contributed by atoms with E-state index in [2.05, 4.69) is 24.1 Å². The van der Waals surface area contributed by atoms with Gasteiger partial charge in [-0.2, -0.15) is 0 Å². The molecule has 17 heavy (non-hydrogen) atoms. The molecule has 2 fully saturated rings. The zero-order valence-electron chi connectivity index (χ0n) is 11.4. The highest BCUT2D eigenvalue weighted by Crippen LogP contribution is 2.40. The van der Waals surface area contributed by atoms with Gasteiger partial charge >= 0.3 is 0 Å². The van der Waals surface area contributed by atoms with E-state index in [1.807, 2.05) is 6.26 Å². The predicted molar refractivity (Wildman–Crippen MR) is 73.7 cm³/mol. The van der Waals surface area contributed by atoms with Gasteiger partial charge in [-0.05, 0) is 52.1 Å². The molecule has 1 aliphatic heterocycles. The van der Waals surface area contributed by atoms with E-state index in [1.165, 1.54) is 19.3 Å². The summed E-state index contributed by atoms with van der Waals surface area (Å²) < 4.78 is 11.5. The maximum atomic E-state index is 11.5. The van der Waals surface area contributed by atoms with Gasteiger partial charge < -0.3 is 10.2 Å². The van der Waals surface area contributed by atoms with Crippen LogP contribution in [0.3, 0.4) is 0 Å². The van der Waals surface area contributed by atoms with E-state index in [1.54, 1.807) is 0 Å². The summed E-state index contributed by atoms with van der Waals surface area (Å²) in [4.78, 5) is 2.52. The molecular formula is C13H26N2OS. The summed E-state index contributed by atoms with van der Waals surface area (Å²) >= 11 is 0. The van der Waals surface area contributed by atoms with Crippen LogP contribution in [0.2, 0.25) is 0 Å². The lowest BCUT2D eigenvalue weighted by atomic mass is 9.95. The van der Waals surface area contributed by atoms with Crippen LogP contribution >= 0.6 is 0 Å². The van der Waals surface area contributed by atoms with Crippen molar-refractivity contribution < 1.29 is 4.21 Å². The minimum Gasteiger partial charge on any atom is -0.310 e. The second-order valence-corrected chi connectivity index (χ2v) is 7.82. The Morgan fingerprint density at radius 3 is 2.82 bits per heavy atom. The maximum absolute atomic E-state index is 11.5. The molecule has 0 spiro atoms. The topological polar surface area (TPSA) is 32.3 Å². The van der Waals surface area contributed by atoms with Crippen molar-refractivity contribution in [3.8, 4) is 0 Å². The Morgan fingerprint density at radius 1 is 1.53 bits per heavy atom. The Kier molecular flexibility index (Phi) is 4.26. The van der Waals surface area contributed by atoms with Gasteiger partial charge in [0.2, 0.25) is 0 Å². The summed E-state index contributed by atoms with van der Waals surface area (Å²) in [5.74, 6) is 0.866. The highest BCUT2D eigenvalue weighted by Gasteiger charge is 2.42. The third-order valence-electron chi connectivity index (χ3n) is 4.29. The number of nitrogens with zero attached hydrogens (tertiary/aromatic N) is 1. The van der Waals surface area contributed by atoms with Gasteiger partial charge in [0.1, 0.15) is 0 Å². The fraction of sp³-hybridized carbons (Fsp3) is 1.00. The van der Waals surface area contributed by atoms with Gasteiger partial charge in [-0.15, -0.1) is 0 Å². The van der Waals surface area contributed by atoms with E-state index in [-0.39, 0.29) is 5.25 Å². The highest BCUT2D eigenvalue weighted by atomic mass is 32.2. The first kappa shape index (κ1) is 13.5. The van der Waals surface area contributed by atoms with Gasteiger partial charge in [-0.1, -0.05) is 0 Å². The van der Waals surface area contributed by atoms with Crippen molar-refractivity contribution in [2.45, 2.75) is 43.9 Å². The zero-order valence-corrected chi connectivity index (χ0v) is 12.2. The van der Waals surface area contributed by atoms with Crippen LogP contribution in [0.5, 0.6) is 0 Å². The van der Waals surface area contributed by atoms with Gasteiger partial charge in [-0.25, -0.2) is 0 Å². The van der Waals surface area contributed by atoms with Gasteiger partial charge in [0.05, 0.1) is 0 Å². The van der Waals surface area contributed by atoms with Crippen molar-refractivity contribution in [1.29, 1.82) is 0 Å². The molecule has 1 heterocycles.